The van der Waals surface area contributed by atoms with E-state index in [2.05, 4.69) is 182 Å². The summed E-state index contributed by atoms with van der Waals surface area (Å²) < 4.78 is 3.89. The van der Waals surface area contributed by atoms with E-state index in [0.29, 0.717) is 0 Å². The van der Waals surface area contributed by atoms with Crippen LogP contribution in [0, 0.1) is 0 Å². The summed E-state index contributed by atoms with van der Waals surface area (Å²) in [5, 5.41) is 0. The van der Waals surface area contributed by atoms with Gasteiger partial charge in [-0.2, -0.15) is 0 Å². The Bertz CT molecular complexity index is 1250. The summed E-state index contributed by atoms with van der Waals surface area (Å²) in [6.45, 7) is 0. The van der Waals surface area contributed by atoms with E-state index in [1.54, 1.807) is 0 Å². The Morgan fingerprint density at radius 3 is 0.711 bits per heavy atom. The van der Waals surface area contributed by atoms with Crippen molar-refractivity contribution < 1.29 is 0 Å². The third kappa shape index (κ3) is 3.84. The molecule has 0 aliphatic carbocycles. The van der Waals surface area contributed by atoms with E-state index in [4.69, 9.17) is 0 Å². The van der Waals surface area contributed by atoms with E-state index in [9.17, 15) is 0 Å². The Balaban J connectivity index is 1.93. The Labute approximate surface area is 228 Å². The molecule has 0 amide bonds. The van der Waals surface area contributed by atoms with Crippen molar-refractivity contribution in [2.75, 3.05) is 0 Å². The van der Waals surface area contributed by atoms with Crippen molar-refractivity contribution in [1.82, 2.24) is 0 Å². The minimum atomic E-state index is -3.74. The van der Waals surface area contributed by atoms with Crippen LogP contribution in [-0.4, -0.2) is 13.3 Å². The van der Waals surface area contributed by atoms with E-state index in [1.807, 2.05) is 0 Å². The Kier molecular flexibility index (Phi) is 6.81. The second kappa shape index (κ2) is 10.7. The summed E-state index contributed by atoms with van der Waals surface area (Å²) >= 11 is -3.74. The van der Waals surface area contributed by atoms with Gasteiger partial charge in [-0.15, -0.1) is 0 Å². The molecular weight excluding hydrogens is 517 g/mol. The molecule has 38 heavy (non-hydrogen) atoms. The second-order valence-corrected chi connectivity index (χ2v) is 18.1. The summed E-state index contributed by atoms with van der Waals surface area (Å²) in [6, 6.07) is 67.6. The van der Waals surface area contributed by atoms with Crippen molar-refractivity contribution in [2.24, 2.45) is 0 Å². The zero-order valence-corrected chi connectivity index (χ0v) is 23.4. The van der Waals surface area contributed by atoms with Crippen molar-refractivity contribution in [3.63, 3.8) is 0 Å². The van der Waals surface area contributed by atoms with E-state index in [-0.39, 0.29) is 0 Å². The van der Waals surface area contributed by atoms with Crippen LogP contribution in [0.1, 0.15) is 16.7 Å². The van der Waals surface area contributed by atoms with Gasteiger partial charge in [0, 0.05) is 0 Å². The average Bonchev–Trinajstić information content (AvgIpc) is 3.02. The molecule has 0 unspecified atom stereocenters. The molecule has 0 saturated carbocycles. The van der Waals surface area contributed by atoms with Crippen molar-refractivity contribution >= 4 is 26.5 Å². The quantitative estimate of drug-likeness (QED) is 0.154. The van der Waals surface area contributed by atoms with Crippen molar-refractivity contribution in [3.8, 4) is 0 Å². The Morgan fingerprint density at radius 1 is 0.263 bits per heavy atom. The molecule has 0 spiro atoms. The van der Waals surface area contributed by atoms with Gasteiger partial charge in [0.15, 0.2) is 0 Å². The molecule has 1 heteroatoms. The molecule has 182 valence electrons. The predicted octanol–water partition coefficient (Wildman–Crippen LogP) is 6.73. The number of rotatable bonds is 7. The maximum absolute atomic E-state index is 3.74. The van der Waals surface area contributed by atoms with Gasteiger partial charge in [0.05, 0.1) is 0 Å². The molecule has 0 aliphatic heterocycles. The second-order valence-electron chi connectivity index (χ2n) is 9.70. The molecule has 0 atom stereocenters. The maximum atomic E-state index is 2.38. The number of benzene rings is 6. The van der Waals surface area contributed by atoms with Crippen LogP contribution in [-0.2, 0) is 4.25 Å². The zero-order valence-electron chi connectivity index (χ0n) is 21.3. The fourth-order valence-corrected chi connectivity index (χ4v) is 19.4. The van der Waals surface area contributed by atoms with Crippen LogP contribution in [0.2, 0.25) is 0 Å². The van der Waals surface area contributed by atoms with Gasteiger partial charge in [0.25, 0.3) is 0 Å². The van der Waals surface area contributed by atoms with Crippen molar-refractivity contribution in [3.05, 3.63) is 199 Å². The molecule has 6 aromatic rings. The van der Waals surface area contributed by atoms with Crippen LogP contribution in [0.3, 0.4) is 0 Å². The van der Waals surface area contributed by atoms with E-state index < -0.39 is 17.5 Å². The van der Waals surface area contributed by atoms with Crippen molar-refractivity contribution in [1.29, 1.82) is 0 Å². The summed E-state index contributed by atoms with van der Waals surface area (Å²) in [5.74, 6) is 0. The van der Waals surface area contributed by atoms with E-state index in [0.717, 1.165) is 0 Å². The van der Waals surface area contributed by atoms with Gasteiger partial charge in [-0.05, 0) is 0 Å². The molecule has 0 fully saturated rings. The third-order valence-electron chi connectivity index (χ3n) is 7.80. The molecule has 0 nitrogen and oxygen atoms in total. The molecular formula is C37H30Ge. The first-order valence-corrected chi connectivity index (χ1v) is 17.4. The van der Waals surface area contributed by atoms with Gasteiger partial charge in [-0.1, -0.05) is 0 Å². The SMILES string of the molecule is c1ccc([C](c2ccccc2)(c2ccccc2)[Ge]([c]2ccccc2)([c]2ccccc2)[c]2ccccc2)cc1. The monoisotopic (exact) mass is 548 g/mol. The molecule has 0 heterocycles. The fraction of sp³-hybridized carbons (Fsp3) is 0.0270. The summed E-state index contributed by atoms with van der Waals surface area (Å²) in [6.07, 6.45) is 0. The van der Waals surface area contributed by atoms with Crippen LogP contribution in [0.15, 0.2) is 182 Å². The van der Waals surface area contributed by atoms with Gasteiger partial charge < -0.3 is 0 Å². The summed E-state index contributed by atoms with van der Waals surface area (Å²) in [4.78, 5) is 0. The normalized spacial score (nSPS) is 11.7. The molecule has 0 saturated heterocycles. The van der Waals surface area contributed by atoms with Crippen LogP contribution < -0.4 is 13.2 Å². The molecule has 0 aromatic heterocycles. The van der Waals surface area contributed by atoms with Gasteiger partial charge in [0.1, 0.15) is 0 Å². The first kappa shape index (κ1) is 24.2. The fourth-order valence-electron chi connectivity index (χ4n) is 6.43. The zero-order chi connectivity index (χ0) is 25.7. The first-order chi connectivity index (χ1) is 18.9. The molecule has 0 radical (unpaired) electrons. The topological polar surface area (TPSA) is 0 Å². The average molecular weight is 547 g/mol. The van der Waals surface area contributed by atoms with Crippen LogP contribution in [0.5, 0.6) is 0 Å². The Morgan fingerprint density at radius 2 is 0.474 bits per heavy atom. The van der Waals surface area contributed by atoms with Gasteiger partial charge in [0.2, 0.25) is 0 Å². The Hall–Kier alpha value is -4.14. The number of hydrogen-bond acceptors (Lipinski definition) is 0. The van der Waals surface area contributed by atoms with Crippen LogP contribution in [0.25, 0.3) is 0 Å². The standard InChI is InChI=1S/C37H30Ge/c1-7-19-31(20-8-1)37(32-21-9-2-10-22-32,33-23-11-3-12-24-33)38(34-25-13-4-14-26-34,35-27-15-5-16-28-35)36-29-17-6-18-30-36/h1-30H. The molecule has 0 bridgehead atoms. The minimum absolute atomic E-state index is 0.409. The van der Waals surface area contributed by atoms with E-state index in [1.165, 1.54) is 29.9 Å². The predicted molar refractivity (Wildman–Crippen MR) is 163 cm³/mol. The third-order valence-corrected chi connectivity index (χ3v) is 19.5. The molecule has 0 aliphatic rings. The summed E-state index contributed by atoms with van der Waals surface area (Å²) in [5.41, 5.74) is 3.98. The van der Waals surface area contributed by atoms with E-state index >= 15 is 0 Å². The summed E-state index contributed by atoms with van der Waals surface area (Å²) in [7, 11) is 0. The number of hydrogen-bond donors (Lipinski definition) is 0. The first-order valence-electron chi connectivity index (χ1n) is 13.2. The molecule has 0 N–H and O–H groups in total. The van der Waals surface area contributed by atoms with Crippen LogP contribution in [0.4, 0.5) is 0 Å². The van der Waals surface area contributed by atoms with Gasteiger partial charge in [-0.3, -0.25) is 0 Å². The molecule has 6 aromatic carbocycles. The van der Waals surface area contributed by atoms with Gasteiger partial charge in [-0.25, -0.2) is 0 Å². The molecule has 6 rings (SSSR count). The van der Waals surface area contributed by atoms with Crippen molar-refractivity contribution in [2.45, 2.75) is 4.25 Å². The van der Waals surface area contributed by atoms with Crippen LogP contribution >= 0.6 is 0 Å². The van der Waals surface area contributed by atoms with Gasteiger partial charge >= 0.3 is 229 Å².